The molecule has 0 fully saturated rings. The Morgan fingerprint density at radius 1 is 0.257 bits per heavy atom. The lowest BCUT2D eigenvalue weighted by Crippen LogP contribution is -2.30. The van der Waals surface area contributed by atoms with Crippen molar-refractivity contribution in [1.82, 2.24) is 0 Å². The average Bonchev–Trinajstić information content (AvgIpc) is 3.40. The van der Waals surface area contributed by atoms with E-state index in [9.17, 15) is 14.4 Å². The molecule has 0 heterocycles. The van der Waals surface area contributed by atoms with E-state index in [4.69, 9.17) is 14.2 Å². The SMILES string of the molecule is CCCCC/C=C\CCCCCCCC(=O)OCC(COC(=O)CCCCCCCCCCCCCCCCCCCCCCCCCC)OC(=O)CCCCCCCCCCCCCCCCCCCCCC. The summed E-state index contributed by atoms with van der Waals surface area (Å²) < 4.78 is 17.0. The van der Waals surface area contributed by atoms with Crippen molar-refractivity contribution in [1.29, 1.82) is 0 Å². The van der Waals surface area contributed by atoms with Gasteiger partial charge in [0.25, 0.3) is 0 Å². The predicted octanol–water partition coefficient (Wildman–Crippen LogP) is 22.8. The van der Waals surface area contributed by atoms with E-state index >= 15 is 0 Å². The molecule has 0 aromatic carbocycles. The van der Waals surface area contributed by atoms with E-state index in [-0.39, 0.29) is 31.1 Å². The summed E-state index contributed by atoms with van der Waals surface area (Å²) in [5, 5.41) is 0. The molecule has 1 atom stereocenters. The summed E-state index contributed by atoms with van der Waals surface area (Å²) in [6.07, 6.45) is 75.2. The van der Waals surface area contributed by atoms with Crippen LogP contribution in [0.5, 0.6) is 0 Å². The van der Waals surface area contributed by atoms with E-state index < -0.39 is 6.10 Å². The van der Waals surface area contributed by atoms with Crippen molar-refractivity contribution in [3.8, 4) is 0 Å². The summed E-state index contributed by atoms with van der Waals surface area (Å²) in [7, 11) is 0. The molecule has 0 aliphatic rings. The van der Waals surface area contributed by atoms with Gasteiger partial charge < -0.3 is 14.2 Å². The monoisotopic (exact) mass is 1040 g/mol. The van der Waals surface area contributed by atoms with Crippen molar-refractivity contribution in [2.45, 2.75) is 393 Å². The van der Waals surface area contributed by atoms with Crippen LogP contribution in [0.15, 0.2) is 12.2 Å². The number of esters is 3. The standard InChI is InChI=1S/C68H130O6/c1-4-7-10-13-16-19-22-25-27-29-31-33-34-35-36-38-39-41-43-46-49-52-55-58-61-67(70)73-64-65(63-72-66(69)60-57-54-51-48-45-24-21-18-15-12-9-6-3)74-68(71)62-59-56-53-50-47-44-42-40-37-32-30-28-26-23-20-17-14-11-8-5-2/h18,21,65H,4-17,19-20,22-64H2,1-3H3/b21-18-. The van der Waals surface area contributed by atoms with Gasteiger partial charge >= 0.3 is 17.9 Å². The fourth-order valence-electron chi connectivity index (χ4n) is 10.4. The van der Waals surface area contributed by atoms with Crippen LogP contribution >= 0.6 is 0 Å². The molecule has 0 saturated heterocycles. The number of rotatable bonds is 63. The van der Waals surface area contributed by atoms with Crippen LogP contribution in [-0.4, -0.2) is 37.2 Å². The molecule has 0 aromatic rings. The van der Waals surface area contributed by atoms with Crippen LogP contribution in [0.3, 0.4) is 0 Å². The van der Waals surface area contributed by atoms with Gasteiger partial charge in [0.15, 0.2) is 6.10 Å². The highest BCUT2D eigenvalue weighted by Crippen LogP contribution is 2.19. The Bertz CT molecular complexity index is 1150. The summed E-state index contributed by atoms with van der Waals surface area (Å²) >= 11 is 0. The lowest BCUT2D eigenvalue weighted by molar-refractivity contribution is -0.167. The van der Waals surface area contributed by atoms with E-state index in [1.54, 1.807) is 0 Å². The minimum atomic E-state index is -0.769. The Balaban J connectivity index is 4.20. The minimum absolute atomic E-state index is 0.0659. The second-order valence-electron chi connectivity index (χ2n) is 23.1. The molecule has 6 nitrogen and oxygen atoms in total. The quantitative estimate of drug-likeness (QED) is 0.0261. The first-order chi connectivity index (χ1) is 36.5. The van der Waals surface area contributed by atoms with E-state index in [2.05, 4.69) is 32.9 Å². The number of allylic oxidation sites excluding steroid dienone is 2. The molecule has 0 rings (SSSR count). The molecule has 0 amide bonds. The average molecular weight is 1040 g/mol. The van der Waals surface area contributed by atoms with Crippen LogP contribution in [0, 0.1) is 0 Å². The number of carbonyl (C=O) groups excluding carboxylic acids is 3. The van der Waals surface area contributed by atoms with Gasteiger partial charge in [-0.05, 0) is 44.9 Å². The van der Waals surface area contributed by atoms with Crippen LogP contribution in [0.4, 0.5) is 0 Å². The van der Waals surface area contributed by atoms with Crippen LogP contribution in [-0.2, 0) is 28.6 Å². The summed E-state index contributed by atoms with van der Waals surface area (Å²) in [4.78, 5) is 38.3. The first kappa shape index (κ1) is 72.2. The molecular weight excluding hydrogens is 913 g/mol. The lowest BCUT2D eigenvalue weighted by Gasteiger charge is -2.18. The van der Waals surface area contributed by atoms with Crippen molar-refractivity contribution in [2.24, 2.45) is 0 Å². The zero-order valence-corrected chi connectivity index (χ0v) is 50.4. The van der Waals surface area contributed by atoms with Gasteiger partial charge in [-0.25, -0.2) is 0 Å². The van der Waals surface area contributed by atoms with Crippen molar-refractivity contribution >= 4 is 17.9 Å². The van der Waals surface area contributed by atoms with Crippen LogP contribution in [0.2, 0.25) is 0 Å². The molecule has 0 aliphatic carbocycles. The van der Waals surface area contributed by atoms with Gasteiger partial charge in [-0.2, -0.15) is 0 Å². The maximum atomic E-state index is 12.9. The van der Waals surface area contributed by atoms with Crippen LogP contribution < -0.4 is 0 Å². The van der Waals surface area contributed by atoms with Gasteiger partial charge in [0.05, 0.1) is 0 Å². The van der Waals surface area contributed by atoms with Crippen molar-refractivity contribution in [2.75, 3.05) is 13.2 Å². The molecule has 6 heteroatoms. The van der Waals surface area contributed by atoms with E-state index in [1.807, 2.05) is 0 Å². The van der Waals surface area contributed by atoms with Gasteiger partial charge in [-0.1, -0.05) is 335 Å². The summed E-state index contributed by atoms with van der Waals surface area (Å²) in [6, 6.07) is 0. The van der Waals surface area contributed by atoms with E-state index in [1.165, 1.54) is 283 Å². The van der Waals surface area contributed by atoms with Crippen molar-refractivity contribution in [3.05, 3.63) is 12.2 Å². The number of hydrogen-bond acceptors (Lipinski definition) is 6. The third-order valence-corrected chi connectivity index (χ3v) is 15.5. The summed E-state index contributed by atoms with van der Waals surface area (Å²) in [5.41, 5.74) is 0. The first-order valence-corrected chi connectivity index (χ1v) is 33.7. The first-order valence-electron chi connectivity index (χ1n) is 33.7. The third kappa shape index (κ3) is 61.0. The number of hydrogen-bond donors (Lipinski definition) is 0. The third-order valence-electron chi connectivity index (χ3n) is 15.5. The van der Waals surface area contributed by atoms with E-state index in [0.717, 1.165) is 64.2 Å². The Labute approximate surface area is 462 Å². The minimum Gasteiger partial charge on any atom is -0.462 e. The topological polar surface area (TPSA) is 78.9 Å². The molecule has 0 radical (unpaired) electrons. The summed E-state index contributed by atoms with van der Waals surface area (Å²) in [6.45, 7) is 6.69. The lowest BCUT2D eigenvalue weighted by atomic mass is 10.0. The molecule has 1 unspecified atom stereocenters. The highest BCUT2D eigenvalue weighted by Gasteiger charge is 2.19. The molecule has 0 spiro atoms. The zero-order chi connectivity index (χ0) is 53.6. The Hall–Kier alpha value is -1.85. The Kier molecular flexibility index (Phi) is 62.1. The van der Waals surface area contributed by atoms with Crippen molar-refractivity contribution < 1.29 is 28.6 Å². The number of unbranched alkanes of at least 4 members (excludes halogenated alkanes) is 50. The van der Waals surface area contributed by atoms with Gasteiger partial charge in [0.2, 0.25) is 0 Å². The normalized spacial score (nSPS) is 12.0. The molecule has 0 bridgehead atoms. The molecule has 74 heavy (non-hydrogen) atoms. The molecule has 438 valence electrons. The second kappa shape index (κ2) is 63.7. The smallest absolute Gasteiger partial charge is 0.306 e. The largest absolute Gasteiger partial charge is 0.462 e. The van der Waals surface area contributed by atoms with Crippen LogP contribution in [0.1, 0.15) is 387 Å². The Morgan fingerprint density at radius 2 is 0.446 bits per heavy atom. The zero-order valence-electron chi connectivity index (χ0n) is 50.4. The maximum Gasteiger partial charge on any atom is 0.306 e. The molecule has 0 aliphatic heterocycles. The highest BCUT2D eigenvalue weighted by molar-refractivity contribution is 5.71. The molecule has 0 N–H and O–H groups in total. The number of carbonyl (C=O) groups is 3. The molecule has 0 saturated carbocycles. The maximum absolute atomic E-state index is 12.9. The fraction of sp³-hybridized carbons (Fsp3) is 0.926. The van der Waals surface area contributed by atoms with Gasteiger partial charge in [-0.3, -0.25) is 14.4 Å². The van der Waals surface area contributed by atoms with Crippen LogP contribution in [0.25, 0.3) is 0 Å². The highest BCUT2D eigenvalue weighted by atomic mass is 16.6. The second-order valence-corrected chi connectivity index (χ2v) is 23.1. The number of ether oxygens (including phenoxy) is 3. The summed E-state index contributed by atoms with van der Waals surface area (Å²) in [5.74, 6) is -0.843. The Morgan fingerprint density at radius 3 is 0.703 bits per heavy atom. The van der Waals surface area contributed by atoms with E-state index in [0.29, 0.717) is 19.3 Å². The molecule has 0 aromatic heterocycles. The molecular formula is C68H130O6. The predicted molar refractivity (Wildman–Crippen MR) is 321 cm³/mol. The van der Waals surface area contributed by atoms with Gasteiger partial charge in [0.1, 0.15) is 13.2 Å². The fourth-order valence-corrected chi connectivity index (χ4v) is 10.4. The van der Waals surface area contributed by atoms with Crippen molar-refractivity contribution in [3.63, 3.8) is 0 Å². The van der Waals surface area contributed by atoms with Gasteiger partial charge in [-0.15, -0.1) is 0 Å². The van der Waals surface area contributed by atoms with Gasteiger partial charge in [0, 0.05) is 19.3 Å².